The van der Waals surface area contributed by atoms with Crippen molar-refractivity contribution in [2.45, 2.75) is 17.0 Å². The normalized spacial score (nSPS) is 11.6. The second-order valence-electron chi connectivity index (χ2n) is 4.60. The molecule has 2 aromatic rings. The molecular formula is C13H17Cl2N5OS. The van der Waals surface area contributed by atoms with Gasteiger partial charge >= 0.3 is 0 Å². The van der Waals surface area contributed by atoms with Gasteiger partial charge in [0, 0.05) is 30.1 Å². The number of halogens is 2. The van der Waals surface area contributed by atoms with E-state index in [1.165, 1.54) is 11.8 Å². The standard InChI is InChI=1S/C13H16ClN5OS.ClH/c1-8(6-15)12(20)17-9-3-4-11(10(14)5-9)21-13-18-16-7-19(13)2;/h3-5,7-8H,6,15H2,1-2H3,(H,17,20);1H. The molecule has 0 spiro atoms. The summed E-state index contributed by atoms with van der Waals surface area (Å²) in [4.78, 5) is 12.6. The Balaban J connectivity index is 0.00000242. The maximum Gasteiger partial charge on any atom is 0.228 e. The van der Waals surface area contributed by atoms with Crippen LogP contribution in [0.1, 0.15) is 6.92 Å². The molecule has 0 aliphatic carbocycles. The highest BCUT2D eigenvalue weighted by Crippen LogP contribution is 2.33. The van der Waals surface area contributed by atoms with E-state index >= 15 is 0 Å². The summed E-state index contributed by atoms with van der Waals surface area (Å²) < 4.78 is 1.81. The third-order valence-corrected chi connectivity index (χ3v) is 4.42. The van der Waals surface area contributed by atoms with Crippen molar-refractivity contribution >= 4 is 47.4 Å². The van der Waals surface area contributed by atoms with Crippen molar-refractivity contribution < 1.29 is 4.79 Å². The van der Waals surface area contributed by atoms with Crippen LogP contribution >= 0.6 is 35.8 Å². The number of amides is 1. The lowest BCUT2D eigenvalue weighted by molar-refractivity contribution is -0.119. The van der Waals surface area contributed by atoms with Crippen LogP contribution in [0.15, 0.2) is 34.6 Å². The number of anilines is 1. The zero-order chi connectivity index (χ0) is 15.4. The Bertz CT molecular complexity index is 649. The first-order valence-corrected chi connectivity index (χ1v) is 7.53. The van der Waals surface area contributed by atoms with E-state index < -0.39 is 0 Å². The van der Waals surface area contributed by atoms with Gasteiger partial charge < -0.3 is 15.6 Å². The summed E-state index contributed by atoms with van der Waals surface area (Å²) in [6.07, 6.45) is 1.62. The first-order chi connectivity index (χ1) is 10.0. The Kier molecular flexibility index (Phi) is 7.15. The molecule has 0 bridgehead atoms. The molecule has 1 atom stereocenters. The molecule has 0 saturated heterocycles. The Labute approximate surface area is 144 Å². The molecule has 1 aromatic carbocycles. The minimum absolute atomic E-state index is 0. The molecule has 1 unspecified atom stereocenters. The fourth-order valence-electron chi connectivity index (χ4n) is 1.50. The maximum atomic E-state index is 11.8. The molecule has 0 radical (unpaired) electrons. The van der Waals surface area contributed by atoms with Crippen LogP contribution in [-0.2, 0) is 11.8 Å². The molecule has 3 N–H and O–H groups in total. The molecule has 1 aromatic heterocycles. The number of nitrogens with zero attached hydrogens (tertiary/aromatic N) is 3. The molecule has 120 valence electrons. The lowest BCUT2D eigenvalue weighted by Crippen LogP contribution is -2.26. The predicted octanol–water partition coefficient (Wildman–Crippen LogP) is 2.57. The highest BCUT2D eigenvalue weighted by molar-refractivity contribution is 7.99. The molecule has 0 fully saturated rings. The van der Waals surface area contributed by atoms with Gasteiger partial charge in [0.1, 0.15) is 6.33 Å². The highest BCUT2D eigenvalue weighted by atomic mass is 35.5. The highest BCUT2D eigenvalue weighted by Gasteiger charge is 2.12. The molecular weight excluding hydrogens is 345 g/mol. The Hall–Kier alpha value is -1.28. The van der Waals surface area contributed by atoms with Gasteiger partial charge in [-0.3, -0.25) is 4.79 Å². The summed E-state index contributed by atoms with van der Waals surface area (Å²) >= 11 is 7.65. The third-order valence-electron chi connectivity index (χ3n) is 2.87. The maximum absolute atomic E-state index is 11.8. The van der Waals surface area contributed by atoms with E-state index in [1.807, 2.05) is 13.1 Å². The molecule has 22 heavy (non-hydrogen) atoms. The number of carbonyl (C=O) groups excluding carboxylic acids is 1. The van der Waals surface area contributed by atoms with Crippen molar-refractivity contribution in [2.24, 2.45) is 18.7 Å². The Morgan fingerprint density at radius 1 is 1.55 bits per heavy atom. The fourth-order valence-corrected chi connectivity index (χ4v) is 2.56. The number of rotatable bonds is 5. The molecule has 2 rings (SSSR count). The van der Waals surface area contributed by atoms with E-state index in [0.29, 0.717) is 17.3 Å². The lowest BCUT2D eigenvalue weighted by atomic mass is 10.1. The second-order valence-corrected chi connectivity index (χ2v) is 6.01. The lowest BCUT2D eigenvalue weighted by Gasteiger charge is -2.11. The average molecular weight is 362 g/mol. The smallest absolute Gasteiger partial charge is 0.228 e. The summed E-state index contributed by atoms with van der Waals surface area (Å²) in [5.74, 6) is -0.362. The van der Waals surface area contributed by atoms with Crippen molar-refractivity contribution in [1.82, 2.24) is 14.8 Å². The van der Waals surface area contributed by atoms with Gasteiger partial charge in [-0.05, 0) is 30.0 Å². The van der Waals surface area contributed by atoms with Gasteiger partial charge in [-0.15, -0.1) is 22.6 Å². The number of nitrogens with one attached hydrogen (secondary N) is 1. The van der Waals surface area contributed by atoms with Crippen LogP contribution in [0.2, 0.25) is 5.02 Å². The van der Waals surface area contributed by atoms with Crippen molar-refractivity contribution in [3.63, 3.8) is 0 Å². The summed E-state index contributed by atoms with van der Waals surface area (Å²) in [7, 11) is 1.86. The molecule has 0 aliphatic rings. The van der Waals surface area contributed by atoms with Crippen molar-refractivity contribution in [3.8, 4) is 0 Å². The SMILES string of the molecule is CC(CN)C(=O)Nc1ccc(Sc2nncn2C)c(Cl)c1.Cl. The summed E-state index contributed by atoms with van der Waals surface area (Å²) in [6.45, 7) is 2.08. The van der Waals surface area contributed by atoms with Gasteiger partial charge in [-0.1, -0.05) is 18.5 Å². The van der Waals surface area contributed by atoms with Crippen LogP contribution < -0.4 is 11.1 Å². The first kappa shape index (κ1) is 18.8. The number of aryl methyl sites for hydroxylation is 1. The van der Waals surface area contributed by atoms with Crippen LogP contribution in [0, 0.1) is 5.92 Å². The van der Waals surface area contributed by atoms with Crippen LogP contribution in [-0.4, -0.2) is 27.2 Å². The number of benzene rings is 1. The predicted molar refractivity (Wildman–Crippen MR) is 90.7 cm³/mol. The minimum Gasteiger partial charge on any atom is -0.330 e. The zero-order valence-electron chi connectivity index (χ0n) is 12.1. The number of hydrogen-bond acceptors (Lipinski definition) is 5. The minimum atomic E-state index is -0.239. The van der Waals surface area contributed by atoms with Gasteiger partial charge in [-0.2, -0.15) is 0 Å². The summed E-state index contributed by atoms with van der Waals surface area (Å²) in [6, 6.07) is 5.34. The Morgan fingerprint density at radius 2 is 2.27 bits per heavy atom. The van der Waals surface area contributed by atoms with Crippen LogP contribution in [0.4, 0.5) is 5.69 Å². The molecule has 6 nitrogen and oxygen atoms in total. The quantitative estimate of drug-likeness (QED) is 0.854. The van der Waals surface area contributed by atoms with Crippen LogP contribution in [0.25, 0.3) is 0 Å². The molecule has 9 heteroatoms. The number of nitrogens with two attached hydrogens (primary N) is 1. The Morgan fingerprint density at radius 3 is 2.82 bits per heavy atom. The molecule has 1 heterocycles. The van der Waals surface area contributed by atoms with Gasteiger partial charge in [0.15, 0.2) is 5.16 Å². The first-order valence-electron chi connectivity index (χ1n) is 6.33. The van der Waals surface area contributed by atoms with E-state index in [4.69, 9.17) is 17.3 Å². The fraction of sp³-hybridized carbons (Fsp3) is 0.308. The third kappa shape index (κ3) is 4.61. The van der Waals surface area contributed by atoms with Crippen LogP contribution in [0.3, 0.4) is 0 Å². The monoisotopic (exact) mass is 361 g/mol. The van der Waals surface area contributed by atoms with Gasteiger partial charge in [0.25, 0.3) is 0 Å². The van der Waals surface area contributed by atoms with Crippen molar-refractivity contribution in [2.75, 3.05) is 11.9 Å². The van der Waals surface area contributed by atoms with E-state index in [9.17, 15) is 4.79 Å². The number of hydrogen-bond donors (Lipinski definition) is 2. The summed E-state index contributed by atoms with van der Waals surface area (Å²) in [5.41, 5.74) is 6.11. The van der Waals surface area contributed by atoms with E-state index in [-0.39, 0.29) is 24.2 Å². The van der Waals surface area contributed by atoms with E-state index in [2.05, 4.69) is 15.5 Å². The topological polar surface area (TPSA) is 85.8 Å². The van der Waals surface area contributed by atoms with Crippen molar-refractivity contribution in [3.05, 3.63) is 29.5 Å². The van der Waals surface area contributed by atoms with Crippen molar-refractivity contribution in [1.29, 1.82) is 0 Å². The second kappa shape index (κ2) is 8.38. The average Bonchev–Trinajstić information content (AvgIpc) is 2.86. The van der Waals surface area contributed by atoms with Gasteiger partial charge in [0.05, 0.1) is 5.02 Å². The number of carbonyl (C=O) groups is 1. The zero-order valence-corrected chi connectivity index (χ0v) is 14.5. The van der Waals surface area contributed by atoms with E-state index in [1.54, 1.807) is 30.0 Å². The van der Waals surface area contributed by atoms with E-state index in [0.717, 1.165) is 10.1 Å². The molecule has 1 amide bonds. The largest absolute Gasteiger partial charge is 0.330 e. The number of aromatic nitrogens is 3. The summed E-state index contributed by atoms with van der Waals surface area (Å²) in [5, 5.41) is 11.9. The van der Waals surface area contributed by atoms with Gasteiger partial charge in [0.2, 0.25) is 5.91 Å². The molecule has 0 aliphatic heterocycles. The van der Waals surface area contributed by atoms with Crippen LogP contribution in [0.5, 0.6) is 0 Å². The van der Waals surface area contributed by atoms with Gasteiger partial charge in [-0.25, -0.2) is 0 Å². The molecule has 0 saturated carbocycles.